The van der Waals surface area contributed by atoms with Crippen LogP contribution in [0.15, 0.2) is 22.8 Å². The van der Waals surface area contributed by atoms with Crippen LogP contribution in [0.5, 0.6) is 0 Å². The van der Waals surface area contributed by atoms with Gasteiger partial charge in [0.2, 0.25) is 5.91 Å². The summed E-state index contributed by atoms with van der Waals surface area (Å²) in [6, 6.07) is 3.66. The maximum Gasteiger partial charge on any atom is 0.234 e. The van der Waals surface area contributed by atoms with Crippen molar-refractivity contribution >= 4 is 5.91 Å². The molecular weight excluding hydrogens is 232 g/mol. The van der Waals surface area contributed by atoms with Crippen LogP contribution < -0.4 is 5.32 Å². The third kappa shape index (κ3) is 3.85. The summed E-state index contributed by atoms with van der Waals surface area (Å²) in [6.45, 7) is 5.36. The lowest BCUT2D eigenvalue weighted by Gasteiger charge is -2.31. The molecule has 1 aromatic heterocycles. The highest BCUT2D eigenvalue weighted by molar-refractivity contribution is 5.77. The number of ether oxygens (including phenoxy) is 1. The molecule has 1 saturated heterocycles. The topological polar surface area (TPSA) is 54.7 Å². The van der Waals surface area contributed by atoms with Crippen LogP contribution in [0, 0.1) is 0 Å². The summed E-state index contributed by atoms with van der Waals surface area (Å²) in [4.78, 5) is 13.9. The highest BCUT2D eigenvalue weighted by atomic mass is 16.5. The minimum absolute atomic E-state index is 0.0307. The van der Waals surface area contributed by atoms with E-state index in [1.54, 1.807) is 6.26 Å². The second kappa shape index (κ2) is 6.56. The van der Waals surface area contributed by atoms with Gasteiger partial charge in [0, 0.05) is 13.1 Å². The van der Waals surface area contributed by atoms with Crippen LogP contribution in [-0.4, -0.2) is 43.2 Å². The van der Waals surface area contributed by atoms with Crippen molar-refractivity contribution < 1.29 is 13.9 Å². The van der Waals surface area contributed by atoms with E-state index in [1.807, 2.05) is 12.1 Å². The fraction of sp³-hybridized carbons (Fsp3) is 0.615. The van der Waals surface area contributed by atoms with Gasteiger partial charge in [0.25, 0.3) is 0 Å². The Balaban J connectivity index is 1.70. The zero-order valence-electron chi connectivity index (χ0n) is 10.7. The van der Waals surface area contributed by atoms with Crippen LogP contribution in [-0.2, 0) is 16.1 Å². The van der Waals surface area contributed by atoms with Gasteiger partial charge < -0.3 is 14.5 Å². The summed E-state index contributed by atoms with van der Waals surface area (Å²) >= 11 is 0. The molecule has 2 heterocycles. The van der Waals surface area contributed by atoms with Gasteiger partial charge in [-0.25, -0.2) is 0 Å². The second-order valence-corrected chi connectivity index (χ2v) is 4.49. The summed E-state index contributed by atoms with van der Waals surface area (Å²) in [5.41, 5.74) is 0. The van der Waals surface area contributed by atoms with Gasteiger partial charge in [-0.2, -0.15) is 0 Å². The minimum atomic E-state index is 0.0307. The normalized spacial score (nSPS) is 20.8. The number of hydrogen-bond donors (Lipinski definition) is 1. The molecule has 0 unspecified atom stereocenters. The molecule has 1 fully saturated rings. The summed E-state index contributed by atoms with van der Waals surface area (Å²) in [5, 5.41) is 2.85. The molecule has 100 valence electrons. The molecule has 0 aromatic carbocycles. The number of nitrogens with one attached hydrogen (secondary N) is 1. The smallest absolute Gasteiger partial charge is 0.234 e. The standard InChI is InChI=1S/C13H20N2O3/c1-2-11-9-15(5-7-18-11)10-13(16)14-8-12-4-3-6-17-12/h3-4,6,11H,2,5,7-10H2,1H3,(H,14,16)/t11-/m1/s1. The van der Waals surface area contributed by atoms with Crippen molar-refractivity contribution in [3.8, 4) is 0 Å². The summed E-state index contributed by atoms with van der Waals surface area (Å²) in [5.74, 6) is 0.805. The van der Waals surface area contributed by atoms with Crippen LogP contribution in [0.3, 0.4) is 0 Å². The number of carbonyl (C=O) groups is 1. The van der Waals surface area contributed by atoms with Gasteiger partial charge in [-0.05, 0) is 18.6 Å². The molecule has 5 nitrogen and oxygen atoms in total. The van der Waals surface area contributed by atoms with Crippen molar-refractivity contribution in [1.29, 1.82) is 0 Å². The largest absolute Gasteiger partial charge is 0.467 e. The van der Waals surface area contributed by atoms with Gasteiger partial charge in [-0.1, -0.05) is 6.92 Å². The Kier molecular flexibility index (Phi) is 4.78. The molecule has 0 radical (unpaired) electrons. The Labute approximate surface area is 107 Å². The number of nitrogens with zero attached hydrogens (tertiary/aromatic N) is 1. The van der Waals surface area contributed by atoms with Crippen LogP contribution in [0.1, 0.15) is 19.1 Å². The third-order valence-corrected chi connectivity index (χ3v) is 3.09. The molecule has 18 heavy (non-hydrogen) atoms. The Morgan fingerprint density at radius 2 is 2.50 bits per heavy atom. The Hall–Kier alpha value is -1.33. The maximum atomic E-state index is 11.8. The SMILES string of the molecule is CC[C@@H]1CN(CC(=O)NCc2ccco2)CCO1. The van der Waals surface area contributed by atoms with E-state index in [-0.39, 0.29) is 12.0 Å². The molecule has 1 aliphatic rings. The van der Waals surface area contributed by atoms with Crippen molar-refractivity contribution in [2.45, 2.75) is 26.0 Å². The second-order valence-electron chi connectivity index (χ2n) is 4.49. The maximum absolute atomic E-state index is 11.8. The van der Waals surface area contributed by atoms with Crippen molar-refractivity contribution in [1.82, 2.24) is 10.2 Å². The molecular formula is C13H20N2O3. The van der Waals surface area contributed by atoms with Gasteiger partial charge >= 0.3 is 0 Å². The molecule has 2 rings (SSSR count). The van der Waals surface area contributed by atoms with Gasteiger partial charge in [0.05, 0.1) is 32.1 Å². The van der Waals surface area contributed by atoms with Gasteiger partial charge in [0.1, 0.15) is 5.76 Å². The number of morpholine rings is 1. The van der Waals surface area contributed by atoms with Crippen molar-refractivity contribution in [2.75, 3.05) is 26.2 Å². The van der Waals surface area contributed by atoms with E-state index in [0.29, 0.717) is 19.7 Å². The summed E-state index contributed by atoms with van der Waals surface area (Å²) < 4.78 is 10.7. The van der Waals surface area contributed by atoms with E-state index in [0.717, 1.165) is 25.3 Å². The van der Waals surface area contributed by atoms with Crippen LogP contribution >= 0.6 is 0 Å². The lowest BCUT2D eigenvalue weighted by Crippen LogP contribution is -2.46. The molecule has 5 heteroatoms. The first-order valence-electron chi connectivity index (χ1n) is 6.41. The third-order valence-electron chi connectivity index (χ3n) is 3.09. The Morgan fingerprint density at radius 3 is 3.22 bits per heavy atom. The van der Waals surface area contributed by atoms with Gasteiger partial charge in [-0.15, -0.1) is 0 Å². The lowest BCUT2D eigenvalue weighted by molar-refractivity contribution is -0.124. The first-order valence-corrected chi connectivity index (χ1v) is 6.41. The van der Waals surface area contributed by atoms with Gasteiger partial charge in [-0.3, -0.25) is 9.69 Å². The molecule has 1 amide bonds. The fourth-order valence-electron chi connectivity index (χ4n) is 2.03. The molecule has 0 bridgehead atoms. The van der Waals surface area contributed by atoms with E-state index in [9.17, 15) is 4.79 Å². The van der Waals surface area contributed by atoms with Crippen molar-refractivity contribution in [3.05, 3.63) is 24.2 Å². The minimum Gasteiger partial charge on any atom is -0.467 e. The predicted molar refractivity (Wildman–Crippen MR) is 67.0 cm³/mol. The molecule has 1 aliphatic heterocycles. The molecule has 1 aromatic rings. The van der Waals surface area contributed by atoms with E-state index >= 15 is 0 Å². The number of hydrogen-bond acceptors (Lipinski definition) is 4. The van der Waals surface area contributed by atoms with E-state index < -0.39 is 0 Å². The average Bonchev–Trinajstić information content (AvgIpc) is 2.90. The monoisotopic (exact) mass is 252 g/mol. The Morgan fingerprint density at radius 1 is 1.61 bits per heavy atom. The van der Waals surface area contributed by atoms with Crippen molar-refractivity contribution in [3.63, 3.8) is 0 Å². The number of furan rings is 1. The van der Waals surface area contributed by atoms with Gasteiger partial charge in [0.15, 0.2) is 0 Å². The van der Waals surface area contributed by atoms with E-state index in [4.69, 9.17) is 9.15 Å². The summed E-state index contributed by atoms with van der Waals surface area (Å²) in [6.07, 6.45) is 2.86. The highest BCUT2D eigenvalue weighted by Crippen LogP contribution is 2.07. The summed E-state index contributed by atoms with van der Waals surface area (Å²) in [7, 11) is 0. The predicted octanol–water partition coefficient (Wildman–Crippen LogP) is 1.01. The lowest BCUT2D eigenvalue weighted by atomic mass is 10.2. The van der Waals surface area contributed by atoms with Crippen LogP contribution in [0.2, 0.25) is 0 Å². The molecule has 0 spiro atoms. The molecule has 1 atom stereocenters. The van der Waals surface area contributed by atoms with Crippen LogP contribution in [0.25, 0.3) is 0 Å². The van der Waals surface area contributed by atoms with E-state index in [1.165, 1.54) is 0 Å². The number of carbonyl (C=O) groups excluding carboxylic acids is 1. The Bertz CT molecular complexity index is 364. The molecule has 0 aliphatic carbocycles. The van der Waals surface area contributed by atoms with E-state index in [2.05, 4.69) is 17.1 Å². The first-order chi connectivity index (χ1) is 8.78. The zero-order valence-corrected chi connectivity index (χ0v) is 10.7. The highest BCUT2D eigenvalue weighted by Gasteiger charge is 2.20. The average molecular weight is 252 g/mol. The zero-order chi connectivity index (χ0) is 12.8. The van der Waals surface area contributed by atoms with Crippen LogP contribution in [0.4, 0.5) is 0 Å². The van der Waals surface area contributed by atoms with Crippen molar-refractivity contribution in [2.24, 2.45) is 0 Å². The quantitative estimate of drug-likeness (QED) is 0.849. The molecule has 1 N–H and O–H groups in total. The number of rotatable bonds is 5. The number of amides is 1. The first kappa shape index (κ1) is 13.1. The fourth-order valence-corrected chi connectivity index (χ4v) is 2.03. The molecule has 0 saturated carbocycles.